The molecule has 0 aliphatic rings. The van der Waals surface area contributed by atoms with Gasteiger partial charge in [0.25, 0.3) is 5.91 Å². The quantitative estimate of drug-likeness (QED) is 0.446. The molecule has 150 valence electrons. The number of hydrogen-bond acceptors (Lipinski definition) is 3. The van der Waals surface area contributed by atoms with Crippen LogP contribution in [-0.4, -0.2) is 5.91 Å². The molecule has 0 bridgehead atoms. The number of benzene rings is 3. The molecule has 0 fully saturated rings. The van der Waals surface area contributed by atoms with Crippen LogP contribution in [-0.2, 0) is 6.54 Å². The molecule has 0 aromatic heterocycles. The van der Waals surface area contributed by atoms with Crippen molar-refractivity contribution in [3.8, 4) is 0 Å². The highest BCUT2D eigenvalue weighted by atomic mass is 35.5. The van der Waals surface area contributed by atoms with Crippen molar-refractivity contribution in [3.05, 3.63) is 94.3 Å². The van der Waals surface area contributed by atoms with Crippen molar-refractivity contribution in [2.75, 3.05) is 11.1 Å². The number of anilines is 2. The van der Waals surface area contributed by atoms with E-state index in [1.165, 1.54) is 6.07 Å². The molecule has 0 radical (unpaired) electrons. The topological polar surface area (TPSA) is 67.2 Å². The van der Waals surface area contributed by atoms with E-state index in [1.807, 2.05) is 37.3 Å². The summed E-state index contributed by atoms with van der Waals surface area (Å²) >= 11 is 5.81. The minimum atomic E-state index is -0.453. The van der Waals surface area contributed by atoms with Gasteiger partial charge in [0.15, 0.2) is 0 Å². The first-order valence-electron chi connectivity index (χ1n) is 9.41. The van der Waals surface area contributed by atoms with Gasteiger partial charge in [-0.15, -0.1) is 0 Å². The molecule has 0 aliphatic heterocycles. The predicted octanol–water partition coefficient (Wildman–Crippen LogP) is 5.55. The van der Waals surface area contributed by atoms with Gasteiger partial charge in [-0.3, -0.25) is 4.79 Å². The maximum absolute atomic E-state index is 13.3. The summed E-state index contributed by atoms with van der Waals surface area (Å²) in [4.78, 5) is 12.7. The van der Waals surface area contributed by atoms with Crippen LogP contribution in [0.4, 0.5) is 15.8 Å². The molecule has 4 N–H and O–H groups in total. The molecule has 6 heteroatoms. The summed E-state index contributed by atoms with van der Waals surface area (Å²) in [5.41, 5.74) is 9.65. The molecule has 0 saturated carbocycles. The van der Waals surface area contributed by atoms with E-state index >= 15 is 0 Å². The molecule has 1 atom stereocenters. The van der Waals surface area contributed by atoms with Crippen LogP contribution in [0.3, 0.4) is 0 Å². The van der Waals surface area contributed by atoms with Gasteiger partial charge < -0.3 is 16.4 Å². The molecule has 0 saturated heterocycles. The van der Waals surface area contributed by atoms with Crippen LogP contribution in [0.15, 0.2) is 66.7 Å². The monoisotopic (exact) mass is 411 g/mol. The number of nitrogens with two attached hydrogens (primary N) is 1. The Balaban J connectivity index is 1.66. The van der Waals surface area contributed by atoms with Crippen LogP contribution in [0.1, 0.15) is 40.9 Å². The highest BCUT2D eigenvalue weighted by molar-refractivity contribution is 6.30. The number of amides is 1. The minimum Gasteiger partial charge on any atom is -0.397 e. The summed E-state index contributed by atoms with van der Waals surface area (Å²) < 4.78 is 13.3. The lowest BCUT2D eigenvalue weighted by Gasteiger charge is -2.18. The van der Waals surface area contributed by atoms with Gasteiger partial charge in [-0.2, -0.15) is 0 Å². The summed E-state index contributed by atoms with van der Waals surface area (Å²) in [5.74, 6) is -0.629. The van der Waals surface area contributed by atoms with Crippen molar-refractivity contribution in [3.63, 3.8) is 0 Å². The SMILES string of the molecule is CCC(NC(=O)c1ccc(NCc2ccc(F)c(Cl)c2)c(N)c1)c1ccccc1. The van der Waals surface area contributed by atoms with E-state index in [2.05, 4.69) is 10.6 Å². The first-order chi connectivity index (χ1) is 14.0. The summed E-state index contributed by atoms with van der Waals surface area (Å²) in [5, 5.41) is 6.31. The zero-order valence-corrected chi connectivity index (χ0v) is 16.8. The van der Waals surface area contributed by atoms with Crippen molar-refractivity contribution < 1.29 is 9.18 Å². The smallest absolute Gasteiger partial charge is 0.251 e. The fraction of sp³-hybridized carbons (Fsp3) is 0.174. The lowest BCUT2D eigenvalue weighted by atomic mass is 10.0. The standard InChI is InChI=1S/C23H23ClFN3O/c1-2-21(16-6-4-3-5-7-16)28-23(29)17-9-11-22(20(26)13-17)27-14-15-8-10-19(25)18(24)12-15/h3-13,21,27H,2,14,26H2,1H3,(H,28,29). The van der Waals surface area contributed by atoms with Crippen molar-refractivity contribution in [2.24, 2.45) is 0 Å². The molecule has 0 spiro atoms. The van der Waals surface area contributed by atoms with Crippen LogP contribution < -0.4 is 16.4 Å². The summed E-state index contributed by atoms with van der Waals surface area (Å²) in [6.07, 6.45) is 0.783. The van der Waals surface area contributed by atoms with Crippen molar-refractivity contribution in [1.82, 2.24) is 5.32 Å². The molecular formula is C23H23ClFN3O. The van der Waals surface area contributed by atoms with E-state index in [-0.39, 0.29) is 17.0 Å². The van der Waals surface area contributed by atoms with Gasteiger partial charge in [-0.1, -0.05) is 54.9 Å². The first-order valence-corrected chi connectivity index (χ1v) is 9.79. The lowest BCUT2D eigenvalue weighted by molar-refractivity contribution is 0.0935. The zero-order valence-electron chi connectivity index (χ0n) is 16.1. The largest absolute Gasteiger partial charge is 0.397 e. The molecule has 3 aromatic carbocycles. The minimum absolute atomic E-state index is 0.0639. The van der Waals surface area contributed by atoms with Gasteiger partial charge in [0.05, 0.1) is 22.4 Å². The Labute approximate surface area is 174 Å². The number of carbonyl (C=O) groups is 1. The Morgan fingerprint density at radius 3 is 2.52 bits per heavy atom. The Bertz CT molecular complexity index is 995. The second-order valence-electron chi connectivity index (χ2n) is 6.75. The third-order valence-corrected chi connectivity index (χ3v) is 4.99. The van der Waals surface area contributed by atoms with Gasteiger partial charge in [0, 0.05) is 12.1 Å². The molecular weight excluding hydrogens is 389 g/mol. The highest BCUT2D eigenvalue weighted by Gasteiger charge is 2.15. The molecule has 4 nitrogen and oxygen atoms in total. The lowest BCUT2D eigenvalue weighted by Crippen LogP contribution is -2.28. The van der Waals surface area contributed by atoms with E-state index in [9.17, 15) is 9.18 Å². The van der Waals surface area contributed by atoms with E-state index in [0.717, 1.165) is 17.5 Å². The molecule has 3 aromatic rings. The summed E-state index contributed by atoms with van der Waals surface area (Å²) in [7, 11) is 0. The highest BCUT2D eigenvalue weighted by Crippen LogP contribution is 2.23. The summed E-state index contributed by atoms with van der Waals surface area (Å²) in [6, 6.07) is 19.5. The Morgan fingerprint density at radius 2 is 1.86 bits per heavy atom. The number of hydrogen-bond donors (Lipinski definition) is 3. The van der Waals surface area contributed by atoms with Crippen LogP contribution in [0, 0.1) is 5.82 Å². The van der Waals surface area contributed by atoms with Gasteiger partial charge in [-0.25, -0.2) is 4.39 Å². The molecule has 1 unspecified atom stereocenters. The van der Waals surface area contributed by atoms with Gasteiger partial charge >= 0.3 is 0 Å². The molecule has 0 aliphatic carbocycles. The summed E-state index contributed by atoms with van der Waals surface area (Å²) in [6.45, 7) is 2.46. The maximum atomic E-state index is 13.3. The van der Waals surface area contributed by atoms with E-state index < -0.39 is 5.82 Å². The Kier molecular flexibility index (Phi) is 6.73. The van der Waals surface area contributed by atoms with Crippen LogP contribution >= 0.6 is 11.6 Å². The fourth-order valence-corrected chi connectivity index (χ4v) is 3.26. The predicted molar refractivity (Wildman–Crippen MR) is 117 cm³/mol. The van der Waals surface area contributed by atoms with E-state index in [4.69, 9.17) is 17.3 Å². The van der Waals surface area contributed by atoms with Crippen LogP contribution in [0.2, 0.25) is 5.02 Å². The second kappa shape index (κ2) is 9.43. The van der Waals surface area contributed by atoms with E-state index in [1.54, 1.807) is 30.3 Å². The average molecular weight is 412 g/mol. The second-order valence-corrected chi connectivity index (χ2v) is 7.16. The zero-order chi connectivity index (χ0) is 20.8. The Morgan fingerprint density at radius 1 is 1.10 bits per heavy atom. The first kappa shape index (κ1) is 20.7. The maximum Gasteiger partial charge on any atom is 0.251 e. The number of nitrogen functional groups attached to an aromatic ring is 1. The van der Waals surface area contributed by atoms with Crippen molar-refractivity contribution >= 4 is 28.9 Å². The van der Waals surface area contributed by atoms with E-state index in [0.29, 0.717) is 23.5 Å². The van der Waals surface area contributed by atoms with Gasteiger partial charge in [0.1, 0.15) is 5.82 Å². The average Bonchev–Trinajstić information content (AvgIpc) is 2.74. The molecule has 3 rings (SSSR count). The van der Waals surface area contributed by atoms with Crippen LogP contribution in [0.25, 0.3) is 0 Å². The number of halogens is 2. The molecule has 29 heavy (non-hydrogen) atoms. The van der Waals surface area contributed by atoms with Crippen molar-refractivity contribution in [1.29, 1.82) is 0 Å². The molecule has 0 heterocycles. The Hall–Kier alpha value is -3.05. The normalized spacial score (nSPS) is 11.7. The fourth-order valence-electron chi connectivity index (χ4n) is 3.06. The van der Waals surface area contributed by atoms with Gasteiger partial charge in [-0.05, 0) is 47.9 Å². The number of nitrogens with one attached hydrogen (secondary N) is 2. The molecule has 1 amide bonds. The van der Waals surface area contributed by atoms with Gasteiger partial charge in [0.2, 0.25) is 0 Å². The van der Waals surface area contributed by atoms with Crippen LogP contribution in [0.5, 0.6) is 0 Å². The number of carbonyl (C=O) groups excluding carboxylic acids is 1. The third-order valence-electron chi connectivity index (χ3n) is 4.70. The third kappa shape index (κ3) is 5.27. The van der Waals surface area contributed by atoms with Crippen molar-refractivity contribution in [2.45, 2.75) is 25.9 Å². The number of rotatable bonds is 7.